The molecule has 0 radical (unpaired) electrons. The second-order valence-electron chi connectivity index (χ2n) is 21.7. The summed E-state index contributed by atoms with van der Waals surface area (Å²) in [5, 5.41) is 31.4. The molecule has 0 aliphatic carbocycles. The van der Waals surface area contributed by atoms with Gasteiger partial charge in [0.15, 0.2) is 0 Å². The number of nitrogens with one attached hydrogen (secondary N) is 8. The third kappa shape index (κ3) is 12.9. The summed E-state index contributed by atoms with van der Waals surface area (Å²) in [4.78, 5) is 0. The molecule has 12 aromatic carbocycles. The van der Waals surface area contributed by atoms with Gasteiger partial charge in [-0.2, -0.15) is 0 Å². The SMILES string of the molecule is Cc1cccc(Nc2ccc(C(c3ccc(Nc4cccc(C)c4)cc3Nc3ccccc3)(c3ccc(Nc4cccc(C)c4)cc3Nc3ccccc3)c3ccc(Nc4cccc(C)c4)cc3Nc3ccccc3)c(Nc3ccccc3)c2)c1. The first-order valence-corrected chi connectivity index (χ1v) is 28.9. The molecule has 0 spiro atoms. The zero-order valence-corrected chi connectivity index (χ0v) is 48.2. The number of hydrogen-bond donors (Lipinski definition) is 8. The molecule has 416 valence electrons. The highest BCUT2D eigenvalue weighted by molar-refractivity contribution is 5.89. The third-order valence-electron chi connectivity index (χ3n) is 15.1. The Balaban J connectivity index is 1.23. The molecule has 85 heavy (non-hydrogen) atoms. The molecule has 0 aliphatic heterocycles. The van der Waals surface area contributed by atoms with Crippen molar-refractivity contribution in [1.29, 1.82) is 0 Å². The lowest BCUT2D eigenvalue weighted by atomic mass is 9.62. The van der Waals surface area contributed by atoms with Gasteiger partial charge in [-0.15, -0.1) is 0 Å². The van der Waals surface area contributed by atoms with E-state index in [1.54, 1.807) is 0 Å². The highest BCUT2D eigenvalue weighted by Crippen LogP contribution is 2.57. The predicted molar refractivity (Wildman–Crippen MR) is 361 cm³/mol. The van der Waals surface area contributed by atoms with Crippen molar-refractivity contribution in [3.8, 4) is 0 Å². The molecule has 0 saturated heterocycles. The lowest BCUT2D eigenvalue weighted by Gasteiger charge is -2.42. The van der Waals surface area contributed by atoms with Crippen LogP contribution in [0.3, 0.4) is 0 Å². The normalized spacial score (nSPS) is 11.1. The van der Waals surface area contributed by atoms with E-state index < -0.39 is 5.41 Å². The van der Waals surface area contributed by atoms with Crippen LogP contribution in [0.4, 0.5) is 91.0 Å². The van der Waals surface area contributed by atoms with Gasteiger partial charge in [-0.1, -0.05) is 146 Å². The smallest absolute Gasteiger partial charge is 0.0782 e. The number of aryl methyl sites for hydroxylation is 4. The molecule has 12 aromatic rings. The minimum atomic E-state index is -1.23. The van der Waals surface area contributed by atoms with Crippen LogP contribution in [-0.2, 0) is 5.41 Å². The first-order valence-electron chi connectivity index (χ1n) is 28.9. The van der Waals surface area contributed by atoms with E-state index in [0.29, 0.717) is 0 Å². The minimum absolute atomic E-state index is 0.886. The van der Waals surface area contributed by atoms with E-state index in [0.717, 1.165) is 113 Å². The number of anilines is 16. The van der Waals surface area contributed by atoms with Gasteiger partial charge in [0.2, 0.25) is 0 Å². The monoisotopic (exact) mass is 1100 g/mol. The molecule has 0 saturated carbocycles. The van der Waals surface area contributed by atoms with E-state index in [1.165, 1.54) is 22.3 Å². The van der Waals surface area contributed by atoms with Gasteiger partial charge in [-0.05, 0) is 218 Å². The zero-order valence-electron chi connectivity index (χ0n) is 48.2. The van der Waals surface area contributed by atoms with E-state index in [1.807, 2.05) is 0 Å². The topological polar surface area (TPSA) is 96.2 Å². The summed E-state index contributed by atoms with van der Waals surface area (Å²) < 4.78 is 0. The van der Waals surface area contributed by atoms with Gasteiger partial charge in [0, 0.05) is 91.0 Å². The van der Waals surface area contributed by atoms with Crippen molar-refractivity contribution < 1.29 is 0 Å². The third-order valence-corrected chi connectivity index (χ3v) is 15.1. The number of para-hydroxylation sites is 4. The Bertz CT molecular complexity index is 3690. The van der Waals surface area contributed by atoms with Gasteiger partial charge in [-0.25, -0.2) is 0 Å². The summed E-state index contributed by atoms with van der Waals surface area (Å²) in [6.45, 7) is 8.50. The maximum atomic E-state index is 4.04. The fourth-order valence-electron chi connectivity index (χ4n) is 11.3. The summed E-state index contributed by atoms with van der Waals surface area (Å²) in [6, 6.07) is 103. The second kappa shape index (κ2) is 25.0. The van der Waals surface area contributed by atoms with E-state index in [9.17, 15) is 0 Å². The Hall–Kier alpha value is -11.0. The molecular weight excluding hydrogens is 1040 g/mol. The van der Waals surface area contributed by atoms with Gasteiger partial charge in [0.25, 0.3) is 0 Å². The van der Waals surface area contributed by atoms with Crippen molar-refractivity contribution in [2.24, 2.45) is 0 Å². The van der Waals surface area contributed by atoms with Crippen LogP contribution in [0.15, 0.2) is 291 Å². The molecule has 12 rings (SSSR count). The Labute approximate surface area is 499 Å². The van der Waals surface area contributed by atoms with Crippen LogP contribution >= 0.6 is 0 Å². The van der Waals surface area contributed by atoms with Crippen molar-refractivity contribution >= 4 is 91.0 Å². The second-order valence-corrected chi connectivity index (χ2v) is 21.7. The molecule has 0 aliphatic rings. The van der Waals surface area contributed by atoms with E-state index in [-0.39, 0.29) is 0 Å². The van der Waals surface area contributed by atoms with Crippen molar-refractivity contribution in [3.05, 3.63) is 336 Å². The van der Waals surface area contributed by atoms with Crippen molar-refractivity contribution in [3.63, 3.8) is 0 Å². The summed E-state index contributed by atoms with van der Waals surface area (Å²) >= 11 is 0. The molecule has 8 heteroatoms. The molecular formula is C77H68N8. The van der Waals surface area contributed by atoms with Crippen LogP contribution in [0.5, 0.6) is 0 Å². The van der Waals surface area contributed by atoms with Gasteiger partial charge in [0.05, 0.1) is 5.41 Å². The molecule has 0 fully saturated rings. The highest BCUT2D eigenvalue weighted by Gasteiger charge is 2.46. The number of rotatable bonds is 20. The fourth-order valence-corrected chi connectivity index (χ4v) is 11.3. The van der Waals surface area contributed by atoms with E-state index in [4.69, 9.17) is 0 Å². The van der Waals surface area contributed by atoms with Crippen LogP contribution in [-0.4, -0.2) is 0 Å². The Morgan fingerprint density at radius 1 is 0.176 bits per heavy atom. The first-order chi connectivity index (χ1) is 41.7. The number of benzene rings is 12. The standard InChI is InChI=1S/C77H68N8/c1-53-21-17-33-61(45-53)78-65-37-41-69(73(49-65)82-57-25-9-5-10-26-57)77(70-42-38-66(79-62-34-18-22-54(2)46-62)50-74(70)83-58-27-11-6-12-28-58,71-43-39-67(80-63-35-19-23-55(3)47-63)51-75(71)84-59-29-13-7-14-30-59)72-44-40-68(81-64-36-20-24-56(4)48-64)52-76(72)85-60-31-15-8-16-32-60/h5-52,78-85H,1-4H3. The van der Waals surface area contributed by atoms with E-state index >= 15 is 0 Å². The van der Waals surface area contributed by atoms with Gasteiger partial charge < -0.3 is 42.5 Å². The molecule has 0 aromatic heterocycles. The summed E-state index contributed by atoms with van der Waals surface area (Å²) in [5.74, 6) is 0. The van der Waals surface area contributed by atoms with E-state index in [2.05, 4.69) is 361 Å². The quantitative estimate of drug-likeness (QED) is 0.0358. The van der Waals surface area contributed by atoms with Crippen molar-refractivity contribution in [1.82, 2.24) is 0 Å². The highest BCUT2D eigenvalue weighted by atomic mass is 15.0. The van der Waals surface area contributed by atoms with Crippen molar-refractivity contribution in [2.45, 2.75) is 33.1 Å². The van der Waals surface area contributed by atoms with Gasteiger partial charge in [-0.3, -0.25) is 0 Å². The maximum absolute atomic E-state index is 4.04. The molecule has 0 atom stereocenters. The maximum Gasteiger partial charge on any atom is 0.0782 e. The number of hydrogen-bond acceptors (Lipinski definition) is 8. The van der Waals surface area contributed by atoms with Crippen LogP contribution in [0.1, 0.15) is 44.5 Å². The lowest BCUT2D eigenvalue weighted by molar-refractivity contribution is 0.754. The van der Waals surface area contributed by atoms with Crippen molar-refractivity contribution in [2.75, 3.05) is 42.5 Å². The summed E-state index contributed by atoms with van der Waals surface area (Å²) in [6.07, 6.45) is 0. The first kappa shape index (κ1) is 54.6. The predicted octanol–water partition coefficient (Wildman–Crippen LogP) is 21.3. The van der Waals surface area contributed by atoms with Crippen LogP contribution in [0, 0.1) is 27.7 Å². The average Bonchev–Trinajstić information content (AvgIpc) is 3.53. The van der Waals surface area contributed by atoms with Crippen LogP contribution in [0.2, 0.25) is 0 Å². The lowest BCUT2D eigenvalue weighted by Crippen LogP contribution is -2.34. The molecule has 0 bridgehead atoms. The molecule has 0 heterocycles. The van der Waals surface area contributed by atoms with Gasteiger partial charge >= 0.3 is 0 Å². The Morgan fingerprint density at radius 2 is 0.376 bits per heavy atom. The minimum Gasteiger partial charge on any atom is -0.355 e. The largest absolute Gasteiger partial charge is 0.355 e. The van der Waals surface area contributed by atoms with Gasteiger partial charge in [0.1, 0.15) is 0 Å². The average molecular weight is 1110 g/mol. The summed E-state index contributed by atoms with van der Waals surface area (Å²) in [7, 11) is 0. The Kier molecular flexibility index (Phi) is 16.1. The van der Waals surface area contributed by atoms with Crippen LogP contribution in [0.25, 0.3) is 0 Å². The Morgan fingerprint density at radius 3 is 0.588 bits per heavy atom. The fraction of sp³-hybridized carbons (Fsp3) is 0.0649. The molecule has 0 unspecified atom stereocenters. The zero-order chi connectivity index (χ0) is 58.0. The molecule has 8 N–H and O–H groups in total. The molecule has 0 amide bonds. The van der Waals surface area contributed by atoms with Crippen LogP contribution < -0.4 is 42.5 Å². The molecule has 8 nitrogen and oxygen atoms in total. The summed E-state index contributed by atoms with van der Waals surface area (Å²) in [5.41, 5.74) is 22.3.